The molecule has 0 radical (unpaired) electrons. The normalized spacial score (nSPS) is 22.2. The minimum Gasteiger partial charge on any atom is -0.331 e. The number of halogens is 3. The van der Waals surface area contributed by atoms with Crippen LogP contribution < -0.4 is 5.32 Å². The van der Waals surface area contributed by atoms with Crippen molar-refractivity contribution in [1.29, 1.82) is 0 Å². The van der Waals surface area contributed by atoms with E-state index in [0.29, 0.717) is 5.56 Å². The lowest BCUT2D eigenvalue weighted by Crippen LogP contribution is -2.47. The number of hydrogen-bond acceptors (Lipinski definition) is 2. The van der Waals surface area contributed by atoms with Crippen molar-refractivity contribution in [2.75, 3.05) is 13.1 Å². The van der Waals surface area contributed by atoms with Crippen LogP contribution in [-0.4, -0.2) is 36.0 Å². The van der Waals surface area contributed by atoms with Crippen LogP contribution in [0.4, 0.5) is 4.39 Å². The molecule has 6 heteroatoms. The standard InChI is InChI=1S/C16H19Cl2FN2O/c17-14-12(5-6-13(19)15(14)18)16(22)21(10-3-1-2-4-10)11-7-8-20-9-11/h5-6,10-11,20H,1-4,7-9H2/t11-/m1/s1. The van der Waals surface area contributed by atoms with Gasteiger partial charge >= 0.3 is 0 Å². The maximum atomic E-state index is 13.5. The summed E-state index contributed by atoms with van der Waals surface area (Å²) in [6.07, 6.45) is 5.28. The van der Waals surface area contributed by atoms with Gasteiger partial charge in [0.05, 0.1) is 15.6 Å². The number of amides is 1. The molecular formula is C16H19Cl2FN2O. The fourth-order valence-corrected chi connectivity index (χ4v) is 3.92. The first-order chi connectivity index (χ1) is 10.6. The van der Waals surface area contributed by atoms with Crippen LogP contribution in [0.15, 0.2) is 12.1 Å². The lowest BCUT2D eigenvalue weighted by atomic mass is 10.1. The van der Waals surface area contributed by atoms with Gasteiger partial charge in [-0.3, -0.25) is 4.79 Å². The molecular weight excluding hydrogens is 326 g/mol. The Hall–Kier alpha value is -0.840. The van der Waals surface area contributed by atoms with E-state index in [9.17, 15) is 9.18 Å². The molecule has 2 fully saturated rings. The van der Waals surface area contributed by atoms with Gasteiger partial charge in [-0.25, -0.2) is 4.39 Å². The lowest BCUT2D eigenvalue weighted by molar-refractivity contribution is 0.0595. The third kappa shape index (κ3) is 2.97. The summed E-state index contributed by atoms with van der Waals surface area (Å²) in [6, 6.07) is 3.07. The van der Waals surface area contributed by atoms with Gasteiger partial charge in [0, 0.05) is 18.6 Å². The first-order valence-electron chi connectivity index (χ1n) is 7.76. The summed E-state index contributed by atoms with van der Waals surface area (Å²) < 4.78 is 13.5. The molecule has 22 heavy (non-hydrogen) atoms. The zero-order valence-corrected chi connectivity index (χ0v) is 13.8. The molecule has 3 nitrogen and oxygen atoms in total. The molecule has 1 aliphatic heterocycles. The van der Waals surface area contributed by atoms with Gasteiger partial charge < -0.3 is 10.2 Å². The number of nitrogens with one attached hydrogen (secondary N) is 1. The predicted octanol–water partition coefficient (Wildman–Crippen LogP) is 3.88. The second-order valence-corrected chi connectivity index (χ2v) is 6.78. The second-order valence-electron chi connectivity index (χ2n) is 6.02. The summed E-state index contributed by atoms with van der Waals surface area (Å²) in [5.74, 6) is -0.731. The fourth-order valence-electron chi connectivity index (χ4n) is 3.52. The quantitative estimate of drug-likeness (QED) is 0.844. The van der Waals surface area contributed by atoms with Crippen LogP contribution >= 0.6 is 23.2 Å². The average Bonchev–Trinajstić information content (AvgIpc) is 3.19. The molecule has 1 saturated carbocycles. The highest BCUT2D eigenvalue weighted by Gasteiger charge is 2.35. The molecule has 1 aliphatic carbocycles. The molecule has 1 aromatic carbocycles. The molecule has 0 aromatic heterocycles. The number of nitrogens with zero attached hydrogens (tertiary/aromatic N) is 1. The SMILES string of the molecule is O=C(c1ccc(F)c(Cl)c1Cl)N(C1CCCC1)[C@@H]1CCNC1. The van der Waals surface area contributed by atoms with Gasteiger partial charge in [-0.15, -0.1) is 0 Å². The number of carbonyl (C=O) groups is 1. The van der Waals surface area contributed by atoms with Crippen LogP contribution in [0.25, 0.3) is 0 Å². The Bertz CT molecular complexity index is 554. The van der Waals surface area contributed by atoms with Crippen LogP contribution in [0, 0.1) is 5.82 Å². The fraction of sp³-hybridized carbons (Fsp3) is 0.562. The van der Waals surface area contributed by atoms with Crippen LogP contribution in [0.2, 0.25) is 10.0 Å². The van der Waals surface area contributed by atoms with Gasteiger partial charge in [-0.1, -0.05) is 36.0 Å². The number of carbonyl (C=O) groups excluding carboxylic acids is 1. The summed E-state index contributed by atoms with van der Waals surface area (Å²) in [5.41, 5.74) is 0.298. The maximum absolute atomic E-state index is 13.5. The smallest absolute Gasteiger partial charge is 0.255 e. The van der Waals surface area contributed by atoms with Crippen molar-refractivity contribution in [1.82, 2.24) is 10.2 Å². The van der Waals surface area contributed by atoms with Crippen LogP contribution in [0.3, 0.4) is 0 Å². The molecule has 1 aromatic rings. The van der Waals surface area contributed by atoms with E-state index >= 15 is 0 Å². The third-order valence-corrected chi connectivity index (χ3v) is 5.50. The largest absolute Gasteiger partial charge is 0.331 e. The molecule has 2 aliphatic rings. The Morgan fingerprint density at radius 3 is 2.50 bits per heavy atom. The van der Waals surface area contributed by atoms with Crippen molar-refractivity contribution in [3.05, 3.63) is 33.6 Å². The second kappa shape index (κ2) is 6.73. The molecule has 120 valence electrons. The van der Waals surface area contributed by atoms with Gasteiger partial charge in [-0.2, -0.15) is 0 Å². The van der Waals surface area contributed by atoms with E-state index in [1.165, 1.54) is 12.1 Å². The molecule has 1 amide bonds. The Kier molecular flexibility index (Phi) is 4.91. The van der Waals surface area contributed by atoms with Crippen molar-refractivity contribution in [2.24, 2.45) is 0 Å². The zero-order chi connectivity index (χ0) is 15.7. The van der Waals surface area contributed by atoms with Crippen LogP contribution in [0.1, 0.15) is 42.5 Å². The van der Waals surface area contributed by atoms with Gasteiger partial charge in [0.15, 0.2) is 0 Å². The van der Waals surface area contributed by atoms with Crippen molar-refractivity contribution in [3.63, 3.8) is 0 Å². The van der Waals surface area contributed by atoms with Crippen molar-refractivity contribution in [2.45, 2.75) is 44.2 Å². The summed E-state index contributed by atoms with van der Waals surface area (Å²) >= 11 is 12.0. The Morgan fingerprint density at radius 2 is 1.86 bits per heavy atom. The third-order valence-electron chi connectivity index (χ3n) is 4.65. The number of hydrogen-bond donors (Lipinski definition) is 1. The highest BCUT2D eigenvalue weighted by molar-refractivity contribution is 6.44. The first kappa shape index (κ1) is 16.0. The minimum absolute atomic E-state index is 0.0145. The average molecular weight is 345 g/mol. The summed E-state index contributed by atoms with van der Waals surface area (Å²) in [4.78, 5) is 15.0. The molecule has 3 rings (SSSR count). The topological polar surface area (TPSA) is 32.3 Å². The predicted molar refractivity (Wildman–Crippen MR) is 86.1 cm³/mol. The lowest BCUT2D eigenvalue weighted by Gasteiger charge is -2.34. The van der Waals surface area contributed by atoms with Crippen molar-refractivity contribution < 1.29 is 9.18 Å². The van der Waals surface area contributed by atoms with E-state index in [1.54, 1.807) is 0 Å². The summed E-state index contributed by atoms with van der Waals surface area (Å²) in [6.45, 7) is 1.72. The van der Waals surface area contributed by atoms with E-state index in [0.717, 1.165) is 45.2 Å². The van der Waals surface area contributed by atoms with E-state index in [1.807, 2.05) is 4.90 Å². The van der Waals surface area contributed by atoms with Crippen LogP contribution in [0.5, 0.6) is 0 Å². The Balaban J connectivity index is 1.93. The van der Waals surface area contributed by atoms with Crippen molar-refractivity contribution >= 4 is 29.1 Å². The van der Waals surface area contributed by atoms with E-state index in [4.69, 9.17) is 23.2 Å². The molecule has 0 unspecified atom stereocenters. The van der Waals surface area contributed by atoms with Crippen LogP contribution in [-0.2, 0) is 0 Å². The molecule has 1 N–H and O–H groups in total. The van der Waals surface area contributed by atoms with E-state index in [2.05, 4.69) is 5.32 Å². The molecule has 0 bridgehead atoms. The Labute approximate surface area is 139 Å². The van der Waals surface area contributed by atoms with Gasteiger partial charge in [0.1, 0.15) is 5.82 Å². The zero-order valence-electron chi connectivity index (χ0n) is 12.2. The van der Waals surface area contributed by atoms with Gasteiger partial charge in [0.25, 0.3) is 5.91 Å². The number of rotatable bonds is 3. The minimum atomic E-state index is -0.599. The molecule has 0 spiro atoms. The maximum Gasteiger partial charge on any atom is 0.255 e. The van der Waals surface area contributed by atoms with E-state index < -0.39 is 5.82 Å². The molecule has 1 saturated heterocycles. The molecule has 1 heterocycles. The highest BCUT2D eigenvalue weighted by atomic mass is 35.5. The first-order valence-corrected chi connectivity index (χ1v) is 8.52. The monoisotopic (exact) mass is 344 g/mol. The summed E-state index contributed by atoms with van der Waals surface area (Å²) in [5, 5.41) is 3.14. The highest BCUT2D eigenvalue weighted by Crippen LogP contribution is 2.33. The summed E-state index contributed by atoms with van der Waals surface area (Å²) in [7, 11) is 0. The Morgan fingerprint density at radius 1 is 1.14 bits per heavy atom. The van der Waals surface area contributed by atoms with Crippen molar-refractivity contribution in [3.8, 4) is 0 Å². The number of benzene rings is 1. The van der Waals surface area contributed by atoms with Gasteiger partial charge in [-0.05, 0) is 37.9 Å². The molecule has 1 atom stereocenters. The van der Waals surface area contributed by atoms with E-state index in [-0.39, 0.29) is 28.0 Å². The van der Waals surface area contributed by atoms with Gasteiger partial charge in [0.2, 0.25) is 0 Å².